The van der Waals surface area contributed by atoms with Gasteiger partial charge in [0.25, 0.3) is 0 Å². The van der Waals surface area contributed by atoms with Crippen LogP contribution in [0.2, 0.25) is 0 Å². The maximum atomic E-state index is 10.8. The molecule has 0 aromatic heterocycles. The highest BCUT2D eigenvalue weighted by Crippen LogP contribution is 1.89. The smallest absolute Gasteiger partial charge is 0.238 e. The summed E-state index contributed by atoms with van der Waals surface area (Å²) in [7, 11) is 0. The van der Waals surface area contributed by atoms with E-state index in [1.165, 1.54) is 4.90 Å². The van der Waals surface area contributed by atoms with E-state index in [0.717, 1.165) is 0 Å². The van der Waals surface area contributed by atoms with Gasteiger partial charge in [0, 0.05) is 6.54 Å². The predicted molar refractivity (Wildman–Crippen MR) is 41.8 cm³/mol. The summed E-state index contributed by atoms with van der Waals surface area (Å²) in [5.74, 6) is 2.28. The summed E-state index contributed by atoms with van der Waals surface area (Å²) in [5, 5.41) is 0. The molecule has 1 amide bonds. The maximum Gasteiger partial charge on any atom is 0.238 e. The van der Waals surface area contributed by atoms with Gasteiger partial charge < -0.3 is 4.90 Å². The molecule has 56 valence electrons. The fraction of sp³-hybridized carbons (Fsp3) is 0.571. The Hall–Kier alpha value is -0.680. The van der Waals surface area contributed by atoms with Gasteiger partial charge in [0.05, 0.1) is 6.54 Å². The summed E-state index contributed by atoms with van der Waals surface area (Å²) in [6.45, 7) is 2.83. The van der Waals surface area contributed by atoms with E-state index in [2.05, 4.69) is 5.92 Å². The van der Waals surface area contributed by atoms with Gasteiger partial charge >= 0.3 is 0 Å². The molecule has 2 nitrogen and oxygen atoms in total. The predicted octanol–water partition coefficient (Wildman–Crippen LogP) is 0.707. The van der Waals surface area contributed by atoms with Crippen LogP contribution in [0, 0.1) is 12.3 Å². The Kier molecular flexibility index (Phi) is 4.78. The lowest BCUT2D eigenvalue weighted by molar-refractivity contribution is -0.127. The lowest BCUT2D eigenvalue weighted by atomic mass is 10.5. The van der Waals surface area contributed by atoms with Gasteiger partial charge in [-0.1, -0.05) is 5.92 Å². The number of alkyl halides is 1. The second-order valence-electron chi connectivity index (χ2n) is 1.75. The first-order valence-electron chi connectivity index (χ1n) is 3.03. The molecule has 0 unspecified atom stereocenters. The number of carbonyl (C=O) groups excluding carboxylic acids is 1. The van der Waals surface area contributed by atoms with Crippen LogP contribution in [0.15, 0.2) is 0 Å². The van der Waals surface area contributed by atoms with Crippen molar-refractivity contribution in [2.24, 2.45) is 0 Å². The second kappa shape index (κ2) is 5.13. The molecular formula is C7H10ClNO. The molecule has 0 bridgehead atoms. The molecule has 3 heteroatoms. The SMILES string of the molecule is C#CCN(CC)C(=O)CCl. The van der Waals surface area contributed by atoms with Crippen molar-refractivity contribution in [1.29, 1.82) is 0 Å². The van der Waals surface area contributed by atoms with E-state index in [9.17, 15) is 4.79 Å². The molecule has 0 fully saturated rings. The quantitative estimate of drug-likeness (QED) is 0.439. The third-order valence-corrected chi connectivity index (χ3v) is 1.36. The molecular weight excluding hydrogens is 150 g/mol. The summed E-state index contributed by atoms with van der Waals surface area (Å²) in [4.78, 5) is 12.4. The normalized spacial score (nSPS) is 8.50. The summed E-state index contributed by atoms with van der Waals surface area (Å²) in [5.41, 5.74) is 0. The number of nitrogens with zero attached hydrogens (tertiary/aromatic N) is 1. The number of terminal acetylenes is 1. The first-order chi connectivity index (χ1) is 4.76. The Labute approximate surface area is 66.2 Å². The van der Waals surface area contributed by atoms with Crippen molar-refractivity contribution in [2.75, 3.05) is 19.0 Å². The molecule has 0 atom stereocenters. The molecule has 0 N–H and O–H groups in total. The van der Waals surface area contributed by atoms with Crippen LogP contribution in [0.1, 0.15) is 6.92 Å². The van der Waals surface area contributed by atoms with Gasteiger partial charge in [0.15, 0.2) is 0 Å². The first kappa shape index (κ1) is 9.32. The minimum absolute atomic E-state index is 0.00944. The highest BCUT2D eigenvalue weighted by Gasteiger charge is 2.06. The van der Waals surface area contributed by atoms with Crippen molar-refractivity contribution in [3.05, 3.63) is 0 Å². The Balaban J connectivity index is 3.83. The van der Waals surface area contributed by atoms with E-state index in [0.29, 0.717) is 13.1 Å². The molecule has 0 rings (SSSR count). The molecule has 0 aromatic carbocycles. The second-order valence-corrected chi connectivity index (χ2v) is 2.01. The number of carbonyl (C=O) groups is 1. The third kappa shape index (κ3) is 2.75. The maximum absolute atomic E-state index is 10.8. The summed E-state index contributed by atoms with van der Waals surface area (Å²) >= 11 is 5.30. The van der Waals surface area contributed by atoms with Crippen LogP contribution in [0.5, 0.6) is 0 Å². The van der Waals surface area contributed by atoms with Crippen LogP contribution in [0.25, 0.3) is 0 Å². The monoisotopic (exact) mass is 159 g/mol. The van der Waals surface area contributed by atoms with E-state index >= 15 is 0 Å². The topological polar surface area (TPSA) is 20.3 Å². The van der Waals surface area contributed by atoms with Crippen LogP contribution in [-0.4, -0.2) is 29.8 Å². The van der Waals surface area contributed by atoms with Crippen LogP contribution in [0.4, 0.5) is 0 Å². The fourth-order valence-electron chi connectivity index (χ4n) is 0.571. The number of hydrogen-bond acceptors (Lipinski definition) is 1. The number of hydrogen-bond donors (Lipinski definition) is 0. The standard InChI is InChI=1S/C7H10ClNO/c1-3-5-9(4-2)7(10)6-8/h1H,4-6H2,2H3. The Morgan fingerprint density at radius 2 is 2.40 bits per heavy atom. The Morgan fingerprint density at radius 1 is 1.80 bits per heavy atom. The van der Waals surface area contributed by atoms with E-state index in [4.69, 9.17) is 18.0 Å². The average molecular weight is 160 g/mol. The Bertz CT molecular complexity index is 150. The fourth-order valence-corrected chi connectivity index (χ4v) is 0.740. The summed E-state index contributed by atoms with van der Waals surface area (Å²) in [6.07, 6.45) is 5.01. The molecule has 10 heavy (non-hydrogen) atoms. The van der Waals surface area contributed by atoms with Crippen LogP contribution < -0.4 is 0 Å². The Morgan fingerprint density at radius 3 is 2.70 bits per heavy atom. The highest BCUT2D eigenvalue weighted by atomic mass is 35.5. The zero-order valence-corrected chi connectivity index (χ0v) is 6.69. The zero-order valence-electron chi connectivity index (χ0n) is 5.93. The molecule has 0 saturated carbocycles. The number of amides is 1. The van der Waals surface area contributed by atoms with Crippen LogP contribution in [-0.2, 0) is 4.79 Å². The first-order valence-corrected chi connectivity index (χ1v) is 3.56. The van der Waals surface area contributed by atoms with Crippen molar-refractivity contribution in [2.45, 2.75) is 6.92 Å². The molecule has 0 spiro atoms. The van der Waals surface area contributed by atoms with Crippen LogP contribution >= 0.6 is 11.6 Å². The molecule has 0 aliphatic heterocycles. The van der Waals surface area contributed by atoms with Gasteiger partial charge in [-0.05, 0) is 6.92 Å². The minimum atomic E-state index is -0.109. The van der Waals surface area contributed by atoms with Crippen molar-refractivity contribution in [3.63, 3.8) is 0 Å². The largest absolute Gasteiger partial charge is 0.331 e. The molecule has 0 aliphatic carbocycles. The van der Waals surface area contributed by atoms with Gasteiger partial charge in [-0.25, -0.2) is 0 Å². The van der Waals surface area contributed by atoms with E-state index in [-0.39, 0.29) is 11.8 Å². The lowest BCUT2D eigenvalue weighted by Crippen LogP contribution is -2.31. The van der Waals surface area contributed by atoms with Crippen molar-refractivity contribution < 1.29 is 4.79 Å². The van der Waals surface area contributed by atoms with Gasteiger partial charge in [-0.3, -0.25) is 4.79 Å². The molecule has 0 radical (unpaired) electrons. The van der Waals surface area contributed by atoms with Gasteiger partial charge in [0.2, 0.25) is 5.91 Å². The average Bonchev–Trinajstić information content (AvgIpc) is 1.99. The van der Waals surface area contributed by atoms with Gasteiger partial charge in [-0.15, -0.1) is 18.0 Å². The van der Waals surface area contributed by atoms with E-state index in [1.54, 1.807) is 0 Å². The molecule has 0 aromatic rings. The van der Waals surface area contributed by atoms with Gasteiger partial charge in [-0.2, -0.15) is 0 Å². The molecule has 0 saturated heterocycles. The van der Waals surface area contributed by atoms with Crippen LogP contribution in [0.3, 0.4) is 0 Å². The van der Waals surface area contributed by atoms with Crippen molar-refractivity contribution in [3.8, 4) is 12.3 Å². The van der Waals surface area contributed by atoms with E-state index < -0.39 is 0 Å². The van der Waals surface area contributed by atoms with Crippen molar-refractivity contribution in [1.82, 2.24) is 4.90 Å². The molecule has 0 heterocycles. The minimum Gasteiger partial charge on any atom is -0.331 e. The van der Waals surface area contributed by atoms with E-state index in [1.807, 2.05) is 6.92 Å². The highest BCUT2D eigenvalue weighted by molar-refractivity contribution is 6.27. The molecule has 0 aliphatic rings. The number of rotatable bonds is 3. The summed E-state index contributed by atoms with van der Waals surface area (Å²) < 4.78 is 0. The summed E-state index contributed by atoms with van der Waals surface area (Å²) in [6, 6.07) is 0. The van der Waals surface area contributed by atoms with Gasteiger partial charge in [0.1, 0.15) is 5.88 Å². The third-order valence-electron chi connectivity index (χ3n) is 1.13. The number of halogens is 1. The lowest BCUT2D eigenvalue weighted by Gasteiger charge is -2.15. The zero-order chi connectivity index (χ0) is 7.98. The van der Waals surface area contributed by atoms with Crippen molar-refractivity contribution >= 4 is 17.5 Å².